The van der Waals surface area contributed by atoms with Gasteiger partial charge in [-0.25, -0.2) is 0 Å². The molecule has 2 aromatic rings. The summed E-state index contributed by atoms with van der Waals surface area (Å²) in [6.45, 7) is 3.09. The van der Waals surface area contributed by atoms with Crippen LogP contribution in [0.15, 0.2) is 36.4 Å². The van der Waals surface area contributed by atoms with Crippen LogP contribution in [-0.2, 0) is 6.42 Å². The molecule has 21 heavy (non-hydrogen) atoms. The molecule has 2 aromatic carbocycles. The van der Waals surface area contributed by atoms with Crippen molar-refractivity contribution in [1.29, 1.82) is 0 Å². The molecule has 110 valence electrons. The molecule has 0 fully saturated rings. The summed E-state index contributed by atoms with van der Waals surface area (Å²) in [7, 11) is 0. The second-order valence-electron chi connectivity index (χ2n) is 5.02. The van der Waals surface area contributed by atoms with E-state index < -0.39 is 6.10 Å². The summed E-state index contributed by atoms with van der Waals surface area (Å²) in [4.78, 5) is 0. The second kappa shape index (κ2) is 5.96. The van der Waals surface area contributed by atoms with E-state index in [9.17, 15) is 5.11 Å². The summed E-state index contributed by atoms with van der Waals surface area (Å²) in [6, 6.07) is 11.4. The fourth-order valence-electron chi connectivity index (χ4n) is 2.42. The standard InChI is InChI=1S/C17H17ClO3/c1-2-11-3-5-12(6-4-11)16(19)13-9-14(18)17-15(10-13)20-7-8-21-17/h3-6,9-10,16,19H,2,7-8H2,1H3. The number of rotatable bonds is 3. The molecule has 0 radical (unpaired) electrons. The van der Waals surface area contributed by atoms with Gasteiger partial charge >= 0.3 is 0 Å². The average molecular weight is 305 g/mol. The van der Waals surface area contributed by atoms with Crippen molar-refractivity contribution >= 4 is 11.6 Å². The predicted octanol–water partition coefficient (Wildman–Crippen LogP) is 3.76. The maximum atomic E-state index is 10.5. The van der Waals surface area contributed by atoms with Crippen LogP contribution in [0.1, 0.15) is 29.7 Å². The Morgan fingerprint density at radius 2 is 1.81 bits per heavy atom. The van der Waals surface area contributed by atoms with Crippen LogP contribution >= 0.6 is 11.6 Å². The van der Waals surface area contributed by atoms with Crippen molar-refractivity contribution in [3.05, 3.63) is 58.1 Å². The van der Waals surface area contributed by atoms with E-state index in [1.54, 1.807) is 12.1 Å². The van der Waals surface area contributed by atoms with Crippen LogP contribution in [0, 0.1) is 0 Å². The summed E-state index contributed by atoms with van der Waals surface area (Å²) in [6.07, 6.45) is 0.246. The van der Waals surface area contributed by atoms with Gasteiger partial charge in [0.1, 0.15) is 19.3 Å². The molecule has 1 unspecified atom stereocenters. The number of aryl methyl sites for hydroxylation is 1. The fourth-order valence-corrected chi connectivity index (χ4v) is 2.69. The van der Waals surface area contributed by atoms with Gasteiger partial charge in [-0.1, -0.05) is 42.8 Å². The zero-order valence-corrected chi connectivity index (χ0v) is 12.6. The highest BCUT2D eigenvalue weighted by atomic mass is 35.5. The quantitative estimate of drug-likeness (QED) is 0.938. The van der Waals surface area contributed by atoms with E-state index in [-0.39, 0.29) is 0 Å². The highest BCUT2D eigenvalue weighted by Gasteiger charge is 2.20. The zero-order valence-electron chi connectivity index (χ0n) is 11.8. The number of halogens is 1. The van der Waals surface area contributed by atoms with Gasteiger partial charge in [0, 0.05) is 0 Å². The Balaban J connectivity index is 1.93. The summed E-state index contributed by atoms with van der Waals surface area (Å²) in [5.41, 5.74) is 2.78. The van der Waals surface area contributed by atoms with Gasteiger partial charge in [-0.2, -0.15) is 0 Å². The van der Waals surface area contributed by atoms with Crippen molar-refractivity contribution in [2.24, 2.45) is 0 Å². The molecule has 0 saturated carbocycles. The molecule has 4 heteroatoms. The van der Waals surface area contributed by atoms with Crippen molar-refractivity contribution in [2.45, 2.75) is 19.4 Å². The minimum Gasteiger partial charge on any atom is -0.486 e. The molecule has 0 saturated heterocycles. The van der Waals surface area contributed by atoms with E-state index in [1.165, 1.54) is 5.56 Å². The lowest BCUT2D eigenvalue weighted by Crippen LogP contribution is -2.16. The number of aliphatic hydroxyl groups is 1. The molecule has 1 heterocycles. The largest absolute Gasteiger partial charge is 0.486 e. The van der Waals surface area contributed by atoms with E-state index in [2.05, 4.69) is 6.92 Å². The zero-order chi connectivity index (χ0) is 14.8. The molecule has 0 spiro atoms. The summed E-state index contributed by atoms with van der Waals surface area (Å²) < 4.78 is 11.0. The number of aliphatic hydroxyl groups excluding tert-OH is 1. The molecule has 0 bridgehead atoms. The third-order valence-electron chi connectivity index (χ3n) is 3.64. The van der Waals surface area contributed by atoms with Gasteiger partial charge in [0.05, 0.1) is 5.02 Å². The van der Waals surface area contributed by atoms with Gasteiger partial charge in [-0.3, -0.25) is 0 Å². The van der Waals surface area contributed by atoms with Crippen molar-refractivity contribution in [3.8, 4) is 11.5 Å². The summed E-state index contributed by atoms with van der Waals surface area (Å²) in [5, 5.41) is 11.0. The van der Waals surface area contributed by atoms with Gasteiger partial charge in [0.25, 0.3) is 0 Å². The summed E-state index contributed by atoms with van der Waals surface area (Å²) in [5.74, 6) is 1.15. The lowest BCUT2D eigenvalue weighted by Gasteiger charge is -2.21. The van der Waals surface area contributed by atoms with Gasteiger partial charge in [-0.05, 0) is 35.2 Å². The Bertz CT molecular complexity index is 637. The number of hydrogen-bond acceptors (Lipinski definition) is 3. The van der Waals surface area contributed by atoms with Crippen LogP contribution in [-0.4, -0.2) is 18.3 Å². The minimum atomic E-state index is -0.732. The van der Waals surface area contributed by atoms with Gasteiger partial charge < -0.3 is 14.6 Å². The first-order valence-electron chi connectivity index (χ1n) is 7.05. The number of benzene rings is 2. The van der Waals surface area contributed by atoms with Crippen molar-refractivity contribution in [2.75, 3.05) is 13.2 Å². The first-order valence-corrected chi connectivity index (χ1v) is 7.42. The third-order valence-corrected chi connectivity index (χ3v) is 3.92. The Hall–Kier alpha value is -1.71. The van der Waals surface area contributed by atoms with Crippen LogP contribution < -0.4 is 9.47 Å². The van der Waals surface area contributed by atoms with Gasteiger partial charge in [-0.15, -0.1) is 0 Å². The highest BCUT2D eigenvalue weighted by Crippen LogP contribution is 2.40. The topological polar surface area (TPSA) is 38.7 Å². The lowest BCUT2D eigenvalue weighted by atomic mass is 9.99. The SMILES string of the molecule is CCc1ccc(C(O)c2cc(Cl)c3c(c2)OCCO3)cc1. The molecule has 1 N–H and O–H groups in total. The highest BCUT2D eigenvalue weighted by molar-refractivity contribution is 6.32. The Morgan fingerprint density at radius 3 is 2.52 bits per heavy atom. The molecule has 3 nitrogen and oxygen atoms in total. The molecular weight excluding hydrogens is 288 g/mol. The molecule has 1 aliphatic heterocycles. The maximum absolute atomic E-state index is 10.5. The van der Waals surface area contributed by atoms with Gasteiger partial charge in [0.15, 0.2) is 11.5 Å². The van der Waals surface area contributed by atoms with E-state index in [0.717, 1.165) is 12.0 Å². The normalized spacial score (nSPS) is 14.8. The van der Waals surface area contributed by atoms with Gasteiger partial charge in [0.2, 0.25) is 0 Å². The monoisotopic (exact) mass is 304 g/mol. The van der Waals surface area contributed by atoms with Crippen LogP contribution in [0.25, 0.3) is 0 Å². The van der Waals surface area contributed by atoms with Crippen LogP contribution in [0.5, 0.6) is 11.5 Å². The predicted molar refractivity (Wildman–Crippen MR) is 82.3 cm³/mol. The third kappa shape index (κ3) is 2.85. The van der Waals surface area contributed by atoms with Crippen LogP contribution in [0.4, 0.5) is 0 Å². The van der Waals surface area contributed by atoms with E-state index in [4.69, 9.17) is 21.1 Å². The second-order valence-corrected chi connectivity index (χ2v) is 5.43. The molecule has 0 amide bonds. The molecule has 0 aliphatic carbocycles. The Kier molecular flexibility index (Phi) is 4.04. The fraction of sp³-hybridized carbons (Fsp3) is 0.294. The van der Waals surface area contributed by atoms with Crippen molar-refractivity contribution in [1.82, 2.24) is 0 Å². The van der Waals surface area contributed by atoms with E-state index in [1.807, 2.05) is 24.3 Å². The summed E-state index contributed by atoms with van der Waals surface area (Å²) >= 11 is 6.21. The van der Waals surface area contributed by atoms with E-state index >= 15 is 0 Å². The first kappa shape index (κ1) is 14.2. The molecule has 0 aromatic heterocycles. The van der Waals surface area contributed by atoms with Crippen LogP contribution in [0.3, 0.4) is 0 Å². The van der Waals surface area contributed by atoms with E-state index in [0.29, 0.717) is 35.3 Å². The minimum absolute atomic E-state index is 0.464. The Morgan fingerprint density at radius 1 is 1.10 bits per heavy atom. The number of ether oxygens (including phenoxy) is 2. The molecule has 1 aliphatic rings. The molecular formula is C17H17ClO3. The molecule has 3 rings (SSSR count). The van der Waals surface area contributed by atoms with Crippen LogP contribution in [0.2, 0.25) is 5.02 Å². The first-order chi connectivity index (χ1) is 10.2. The smallest absolute Gasteiger partial charge is 0.179 e. The van der Waals surface area contributed by atoms with Crippen molar-refractivity contribution < 1.29 is 14.6 Å². The van der Waals surface area contributed by atoms with Crippen molar-refractivity contribution in [3.63, 3.8) is 0 Å². The number of hydrogen-bond donors (Lipinski definition) is 1. The average Bonchev–Trinajstić information content (AvgIpc) is 2.54. The Labute approximate surface area is 129 Å². The number of fused-ring (bicyclic) bond motifs is 1. The molecule has 1 atom stereocenters. The maximum Gasteiger partial charge on any atom is 0.179 e. The lowest BCUT2D eigenvalue weighted by molar-refractivity contribution is 0.170.